The zero-order valence-electron chi connectivity index (χ0n) is 11.8. The van der Waals surface area contributed by atoms with Gasteiger partial charge in [-0.05, 0) is 56.3 Å². The molecule has 4 heteroatoms. The standard InChI is InChI=1S/C16H20N4/c1-11-14-8-12(10-17)5-6-15(14)20-16(19-11)9-13-4-2-3-7-18-13/h2-4,7,12H,5-6,8-10,17H2,1H3. The predicted octanol–water partition coefficient (Wildman–Crippen LogP) is 1.83. The van der Waals surface area contributed by atoms with Gasteiger partial charge >= 0.3 is 0 Å². The molecule has 0 bridgehead atoms. The third kappa shape index (κ3) is 2.70. The molecule has 1 atom stereocenters. The normalized spacial score (nSPS) is 17.8. The maximum atomic E-state index is 5.79. The second kappa shape index (κ2) is 5.67. The van der Waals surface area contributed by atoms with Crippen LogP contribution in [-0.2, 0) is 19.3 Å². The molecule has 20 heavy (non-hydrogen) atoms. The summed E-state index contributed by atoms with van der Waals surface area (Å²) in [5.41, 5.74) is 10.5. The Bertz CT molecular complexity index is 595. The number of rotatable bonds is 3. The van der Waals surface area contributed by atoms with Crippen molar-refractivity contribution in [2.24, 2.45) is 11.7 Å². The Morgan fingerprint density at radius 2 is 2.20 bits per heavy atom. The molecule has 1 aliphatic rings. The molecule has 2 heterocycles. The van der Waals surface area contributed by atoms with Gasteiger partial charge in [0.2, 0.25) is 0 Å². The number of aromatic nitrogens is 3. The molecule has 4 nitrogen and oxygen atoms in total. The van der Waals surface area contributed by atoms with Gasteiger partial charge in [0.25, 0.3) is 0 Å². The molecular weight excluding hydrogens is 248 g/mol. The molecule has 0 spiro atoms. The molecule has 1 aliphatic carbocycles. The first-order chi connectivity index (χ1) is 9.76. The van der Waals surface area contributed by atoms with Crippen LogP contribution in [0.2, 0.25) is 0 Å². The zero-order chi connectivity index (χ0) is 13.9. The lowest BCUT2D eigenvalue weighted by molar-refractivity contribution is 0.458. The van der Waals surface area contributed by atoms with Gasteiger partial charge in [-0.25, -0.2) is 9.97 Å². The zero-order valence-corrected chi connectivity index (χ0v) is 11.8. The van der Waals surface area contributed by atoms with Crippen molar-refractivity contribution in [3.8, 4) is 0 Å². The quantitative estimate of drug-likeness (QED) is 0.922. The van der Waals surface area contributed by atoms with E-state index in [9.17, 15) is 0 Å². The van der Waals surface area contributed by atoms with Crippen molar-refractivity contribution < 1.29 is 0 Å². The highest BCUT2D eigenvalue weighted by molar-refractivity contribution is 5.29. The Morgan fingerprint density at radius 3 is 2.95 bits per heavy atom. The van der Waals surface area contributed by atoms with E-state index in [2.05, 4.69) is 16.9 Å². The van der Waals surface area contributed by atoms with E-state index in [1.165, 1.54) is 11.3 Å². The van der Waals surface area contributed by atoms with E-state index in [1.54, 1.807) is 0 Å². The molecular formula is C16H20N4. The fraction of sp³-hybridized carbons (Fsp3) is 0.438. The fourth-order valence-corrected chi connectivity index (χ4v) is 2.87. The lowest BCUT2D eigenvalue weighted by Gasteiger charge is -2.24. The Labute approximate surface area is 119 Å². The number of hydrogen-bond donors (Lipinski definition) is 1. The van der Waals surface area contributed by atoms with Crippen LogP contribution in [0.4, 0.5) is 0 Å². The van der Waals surface area contributed by atoms with Gasteiger partial charge in [-0.1, -0.05) is 6.07 Å². The number of nitrogens with zero attached hydrogens (tertiary/aromatic N) is 3. The van der Waals surface area contributed by atoms with Gasteiger partial charge in [0, 0.05) is 23.3 Å². The van der Waals surface area contributed by atoms with Crippen molar-refractivity contribution in [3.63, 3.8) is 0 Å². The van der Waals surface area contributed by atoms with Crippen LogP contribution in [0.25, 0.3) is 0 Å². The first-order valence-corrected chi connectivity index (χ1v) is 7.21. The average molecular weight is 268 g/mol. The van der Waals surface area contributed by atoms with Crippen molar-refractivity contribution in [2.45, 2.75) is 32.6 Å². The topological polar surface area (TPSA) is 64.7 Å². The summed E-state index contributed by atoms with van der Waals surface area (Å²) in [6.45, 7) is 2.84. The molecule has 2 aromatic heterocycles. The Hall–Kier alpha value is -1.81. The van der Waals surface area contributed by atoms with Gasteiger partial charge < -0.3 is 5.73 Å². The number of pyridine rings is 1. The van der Waals surface area contributed by atoms with E-state index in [0.29, 0.717) is 12.3 Å². The van der Waals surface area contributed by atoms with E-state index < -0.39 is 0 Å². The van der Waals surface area contributed by atoms with Gasteiger partial charge in [-0.3, -0.25) is 4.98 Å². The summed E-state index contributed by atoms with van der Waals surface area (Å²) in [7, 11) is 0. The largest absolute Gasteiger partial charge is 0.330 e. The SMILES string of the molecule is Cc1nc(Cc2ccccn2)nc2c1CC(CN)CC2. The van der Waals surface area contributed by atoms with E-state index in [0.717, 1.165) is 43.0 Å². The molecule has 3 rings (SSSR count). The first-order valence-electron chi connectivity index (χ1n) is 7.21. The smallest absolute Gasteiger partial charge is 0.134 e. The summed E-state index contributed by atoms with van der Waals surface area (Å²) in [6, 6.07) is 5.94. The summed E-state index contributed by atoms with van der Waals surface area (Å²) in [6.07, 6.45) is 5.71. The monoisotopic (exact) mass is 268 g/mol. The van der Waals surface area contributed by atoms with Crippen LogP contribution in [0.3, 0.4) is 0 Å². The van der Waals surface area contributed by atoms with E-state index in [-0.39, 0.29) is 0 Å². The van der Waals surface area contributed by atoms with Crippen LogP contribution in [0.15, 0.2) is 24.4 Å². The van der Waals surface area contributed by atoms with Crippen LogP contribution >= 0.6 is 0 Å². The lowest BCUT2D eigenvalue weighted by atomic mass is 9.86. The number of nitrogens with two attached hydrogens (primary N) is 1. The van der Waals surface area contributed by atoms with Gasteiger partial charge in [0.1, 0.15) is 5.82 Å². The Kier molecular flexibility index (Phi) is 3.74. The summed E-state index contributed by atoms with van der Waals surface area (Å²) in [5.74, 6) is 1.47. The third-order valence-corrected chi connectivity index (χ3v) is 4.03. The molecule has 0 aromatic carbocycles. The fourth-order valence-electron chi connectivity index (χ4n) is 2.87. The van der Waals surface area contributed by atoms with E-state index in [4.69, 9.17) is 10.7 Å². The van der Waals surface area contributed by atoms with Crippen LogP contribution in [0, 0.1) is 12.8 Å². The molecule has 0 radical (unpaired) electrons. The molecule has 1 unspecified atom stereocenters. The van der Waals surface area contributed by atoms with Crippen molar-refractivity contribution in [3.05, 3.63) is 52.9 Å². The summed E-state index contributed by atoms with van der Waals surface area (Å²) >= 11 is 0. The van der Waals surface area contributed by atoms with Crippen molar-refractivity contribution in [2.75, 3.05) is 6.54 Å². The molecule has 0 fully saturated rings. The highest BCUT2D eigenvalue weighted by Crippen LogP contribution is 2.25. The van der Waals surface area contributed by atoms with Crippen molar-refractivity contribution >= 4 is 0 Å². The molecule has 104 valence electrons. The second-order valence-electron chi connectivity index (χ2n) is 5.49. The second-order valence-corrected chi connectivity index (χ2v) is 5.49. The minimum Gasteiger partial charge on any atom is -0.330 e. The third-order valence-electron chi connectivity index (χ3n) is 4.03. The molecule has 0 saturated carbocycles. The molecule has 2 N–H and O–H groups in total. The van der Waals surface area contributed by atoms with Gasteiger partial charge in [0.05, 0.1) is 6.42 Å². The predicted molar refractivity (Wildman–Crippen MR) is 78.4 cm³/mol. The summed E-state index contributed by atoms with van der Waals surface area (Å²) in [5, 5.41) is 0. The Balaban J connectivity index is 1.87. The number of hydrogen-bond acceptors (Lipinski definition) is 4. The van der Waals surface area contributed by atoms with Crippen molar-refractivity contribution in [1.82, 2.24) is 15.0 Å². The Morgan fingerprint density at radius 1 is 1.30 bits per heavy atom. The van der Waals surface area contributed by atoms with E-state index >= 15 is 0 Å². The average Bonchev–Trinajstić information content (AvgIpc) is 2.48. The van der Waals surface area contributed by atoms with E-state index in [1.807, 2.05) is 24.4 Å². The number of fused-ring (bicyclic) bond motifs is 1. The highest BCUT2D eigenvalue weighted by atomic mass is 14.9. The van der Waals surface area contributed by atoms with Gasteiger partial charge in [-0.2, -0.15) is 0 Å². The lowest BCUT2D eigenvalue weighted by Crippen LogP contribution is -2.24. The maximum absolute atomic E-state index is 5.79. The number of aryl methyl sites for hydroxylation is 2. The summed E-state index contributed by atoms with van der Waals surface area (Å²) in [4.78, 5) is 13.7. The minimum absolute atomic E-state index is 0.589. The molecule has 2 aromatic rings. The highest BCUT2D eigenvalue weighted by Gasteiger charge is 2.21. The van der Waals surface area contributed by atoms with Crippen LogP contribution in [-0.4, -0.2) is 21.5 Å². The molecule has 0 amide bonds. The minimum atomic E-state index is 0.589. The maximum Gasteiger partial charge on any atom is 0.134 e. The van der Waals surface area contributed by atoms with Gasteiger partial charge in [-0.15, -0.1) is 0 Å². The van der Waals surface area contributed by atoms with Crippen LogP contribution < -0.4 is 5.73 Å². The van der Waals surface area contributed by atoms with Crippen LogP contribution in [0.1, 0.15) is 34.9 Å². The molecule has 0 aliphatic heterocycles. The van der Waals surface area contributed by atoms with Gasteiger partial charge in [0.15, 0.2) is 0 Å². The van der Waals surface area contributed by atoms with Crippen molar-refractivity contribution in [1.29, 1.82) is 0 Å². The van der Waals surface area contributed by atoms with Crippen LogP contribution in [0.5, 0.6) is 0 Å². The summed E-state index contributed by atoms with van der Waals surface area (Å²) < 4.78 is 0. The molecule has 0 saturated heterocycles. The first kappa shape index (κ1) is 13.2.